The predicted octanol–water partition coefficient (Wildman–Crippen LogP) is 1.57. The van der Waals surface area contributed by atoms with Gasteiger partial charge in [0, 0.05) is 52.9 Å². The number of rotatable bonds is 6. The molecule has 3 heterocycles. The summed E-state index contributed by atoms with van der Waals surface area (Å²) in [6, 6.07) is 0. The second-order valence-corrected chi connectivity index (χ2v) is 8.05. The van der Waals surface area contributed by atoms with Gasteiger partial charge in [0.25, 0.3) is 0 Å². The van der Waals surface area contributed by atoms with E-state index in [0.29, 0.717) is 5.92 Å². The minimum absolute atomic E-state index is 0. The molecule has 0 bridgehead atoms. The molecule has 0 aliphatic carbocycles. The van der Waals surface area contributed by atoms with E-state index in [1.54, 1.807) is 0 Å². The van der Waals surface area contributed by atoms with Gasteiger partial charge in [-0.1, -0.05) is 6.92 Å². The van der Waals surface area contributed by atoms with Gasteiger partial charge in [0.05, 0.1) is 13.2 Å². The van der Waals surface area contributed by atoms with Crippen molar-refractivity contribution in [3.63, 3.8) is 0 Å². The molecule has 152 valence electrons. The molecule has 7 heteroatoms. The number of hydrogen-bond donors (Lipinski definition) is 1. The lowest BCUT2D eigenvalue weighted by atomic mass is 10.1. The van der Waals surface area contributed by atoms with E-state index in [-0.39, 0.29) is 24.0 Å². The fourth-order valence-electron chi connectivity index (χ4n) is 4.39. The maximum atomic E-state index is 5.44. The van der Waals surface area contributed by atoms with Crippen LogP contribution >= 0.6 is 24.0 Å². The van der Waals surface area contributed by atoms with E-state index in [4.69, 9.17) is 4.74 Å². The quantitative estimate of drug-likeness (QED) is 0.356. The maximum absolute atomic E-state index is 5.44. The van der Waals surface area contributed by atoms with Crippen molar-refractivity contribution >= 4 is 29.9 Å². The lowest BCUT2D eigenvalue weighted by Gasteiger charge is -2.30. The molecule has 0 amide bonds. The van der Waals surface area contributed by atoms with Crippen LogP contribution in [0.15, 0.2) is 4.99 Å². The Hall–Kier alpha value is -0.120. The highest BCUT2D eigenvalue weighted by Crippen LogP contribution is 2.20. The molecule has 1 N–H and O–H groups in total. The van der Waals surface area contributed by atoms with Crippen LogP contribution in [0, 0.1) is 11.8 Å². The molecule has 2 unspecified atom stereocenters. The minimum atomic E-state index is 0. The summed E-state index contributed by atoms with van der Waals surface area (Å²) in [5, 5.41) is 3.62. The number of hydrogen-bond acceptors (Lipinski definition) is 4. The minimum Gasteiger partial charge on any atom is -0.379 e. The highest BCUT2D eigenvalue weighted by atomic mass is 127. The Labute approximate surface area is 176 Å². The van der Waals surface area contributed by atoms with Crippen molar-refractivity contribution in [2.45, 2.75) is 26.2 Å². The molecule has 6 nitrogen and oxygen atoms in total. The van der Waals surface area contributed by atoms with Gasteiger partial charge >= 0.3 is 0 Å². The topological polar surface area (TPSA) is 43.3 Å². The van der Waals surface area contributed by atoms with Crippen LogP contribution in [0.3, 0.4) is 0 Å². The van der Waals surface area contributed by atoms with Gasteiger partial charge in [-0.15, -0.1) is 24.0 Å². The van der Waals surface area contributed by atoms with E-state index in [1.165, 1.54) is 38.9 Å². The number of ether oxygens (including phenoxy) is 1. The van der Waals surface area contributed by atoms with Gasteiger partial charge in [-0.05, 0) is 44.2 Å². The first kappa shape index (κ1) is 22.2. The largest absolute Gasteiger partial charge is 0.379 e. The third-order valence-electron chi connectivity index (χ3n) is 5.79. The van der Waals surface area contributed by atoms with Crippen molar-refractivity contribution in [2.24, 2.45) is 16.8 Å². The summed E-state index contributed by atoms with van der Waals surface area (Å²) >= 11 is 0. The van der Waals surface area contributed by atoms with Crippen molar-refractivity contribution in [1.82, 2.24) is 20.0 Å². The second kappa shape index (κ2) is 11.7. The fraction of sp³-hybridized carbons (Fsp3) is 0.947. The van der Waals surface area contributed by atoms with Crippen LogP contribution in [0.4, 0.5) is 0 Å². The van der Waals surface area contributed by atoms with Crippen LogP contribution in [0.1, 0.15) is 26.2 Å². The number of nitrogens with zero attached hydrogens (tertiary/aromatic N) is 4. The standard InChI is InChI=1S/C19H37N5O.HI/c1-17(14-23-9-11-25-12-10-23)13-21-19(20-2)24-8-5-18(16-24)15-22-6-3-4-7-22;/h17-18H,3-16H2,1-2H3,(H,20,21);1H. The third-order valence-corrected chi connectivity index (χ3v) is 5.79. The Balaban J connectivity index is 0.00000243. The lowest BCUT2D eigenvalue weighted by molar-refractivity contribution is 0.0320. The molecular weight excluding hydrogens is 441 g/mol. The van der Waals surface area contributed by atoms with Crippen LogP contribution in [0.2, 0.25) is 0 Å². The summed E-state index contributed by atoms with van der Waals surface area (Å²) in [7, 11) is 1.92. The molecule has 3 aliphatic rings. The highest BCUT2D eigenvalue weighted by Gasteiger charge is 2.27. The highest BCUT2D eigenvalue weighted by molar-refractivity contribution is 14.0. The molecule has 0 aromatic heterocycles. The summed E-state index contributed by atoms with van der Waals surface area (Å²) in [5.74, 6) is 2.53. The number of morpholine rings is 1. The fourth-order valence-corrected chi connectivity index (χ4v) is 4.39. The molecule has 2 atom stereocenters. The number of aliphatic imine (C=N–C) groups is 1. The van der Waals surface area contributed by atoms with Gasteiger partial charge in [-0.25, -0.2) is 0 Å². The summed E-state index contributed by atoms with van der Waals surface area (Å²) in [5.41, 5.74) is 0. The van der Waals surface area contributed by atoms with Crippen molar-refractivity contribution in [3.8, 4) is 0 Å². The Kier molecular flexibility index (Phi) is 9.94. The van der Waals surface area contributed by atoms with Crippen molar-refractivity contribution in [2.75, 3.05) is 79.2 Å². The molecule has 0 saturated carbocycles. The molecule has 3 aliphatic heterocycles. The smallest absolute Gasteiger partial charge is 0.193 e. The first-order valence-electron chi connectivity index (χ1n) is 10.2. The predicted molar refractivity (Wildman–Crippen MR) is 119 cm³/mol. The molecule has 3 rings (SSSR count). The zero-order chi connectivity index (χ0) is 17.5. The van der Waals surface area contributed by atoms with Crippen molar-refractivity contribution < 1.29 is 4.74 Å². The Morgan fingerprint density at radius 2 is 1.85 bits per heavy atom. The van der Waals surface area contributed by atoms with Gasteiger partial charge in [-0.3, -0.25) is 9.89 Å². The summed E-state index contributed by atoms with van der Waals surface area (Å²) in [6.45, 7) is 14.6. The van der Waals surface area contributed by atoms with Gasteiger partial charge in [0.15, 0.2) is 5.96 Å². The molecular formula is C19H38IN5O. The van der Waals surface area contributed by atoms with E-state index in [2.05, 4.69) is 31.9 Å². The molecule has 26 heavy (non-hydrogen) atoms. The Bertz CT molecular complexity index is 424. The van der Waals surface area contributed by atoms with Crippen LogP contribution in [0.5, 0.6) is 0 Å². The third kappa shape index (κ3) is 6.80. The number of nitrogens with one attached hydrogen (secondary N) is 1. The van der Waals surface area contributed by atoms with Crippen LogP contribution in [-0.2, 0) is 4.74 Å². The van der Waals surface area contributed by atoms with E-state index in [1.807, 2.05) is 7.05 Å². The lowest BCUT2D eigenvalue weighted by Crippen LogP contribution is -2.45. The summed E-state index contributed by atoms with van der Waals surface area (Å²) in [4.78, 5) is 12.2. The number of guanidine groups is 1. The van der Waals surface area contributed by atoms with Crippen LogP contribution in [-0.4, -0.2) is 99.8 Å². The zero-order valence-corrected chi connectivity index (χ0v) is 19.0. The van der Waals surface area contributed by atoms with E-state index >= 15 is 0 Å². The Morgan fingerprint density at radius 1 is 1.12 bits per heavy atom. The number of likely N-dealkylation sites (tertiary alicyclic amines) is 2. The average Bonchev–Trinajstić information content (AvgIpc) is 3.29. The molecule has 0 radical (unpaired) electrons. The van der Waals surface area contributed by atoms with Crippen molar-refractivity contribution in [1.29, 1.82) is 0 Å². The molecule has 3 saturated heterocycles. The molecule has 0 aromatic carbocycles. The molecule has 0 spiro atoms. The normalized spacial score (nSPS) is 26.8. The second-order valence-electron chi connectivity index (χ2n) is 8.05. The number of halogens is 1. The van der Waals surface area contributed by atoms with Crippen LogP contribution < -0.4 is 5.32 Å². The zero-order valence-electron chi connectivity index (χ0n) is 16.7. The van der Waals surface area contributed by atoms with Gasteiger partial charge in [0.2, 0.25) is 0 Å². The molecule has 0 aromatic rings. The Morgan fingerprint density at radius 3 is 2.54 bits per heavy atom. The van der Waals surface area contributed by atoms with Crippen molar-refractivity contribution in [3.05, 3.63) is 0 Å². The van der Waals surface area contributed by atoms with Gasteiger partial charge < -0.3 is 19.9 Å². The summed E-state index contributed by atoms with van der Waals surface area (Å²) < 4.78 is 5.44. The maximum Gasteiger partial charge on any atom is 0.193 e. The first-order valence-corrected chi connectivity index (χ1v) is 10.2. The molecule has 3 fully saturated rings. The SMILES string of the molecule is CN=C(NCC(C)CN1CCOCC1)N1CCC(CN2CCCC2)C1.I. The van der Waals surface area contributed by atoms with E-state index < -0.39 is 0 Å². The average molecular weight is 479 g/mol. The van der Waals surface area contributed by atoms with Gasteiger partial charge in [0.1, 0.15) is 0 Å². The van der Waals surface area contributed by atoms with Gasteiger partial charge in [-0.2, -0.15) is 0 Å². The van der Waals surface area contributed by atoms with Crippen LogP contribution in [0.25, 0.3) is 0 Å². The van der Waals surface area contributed by atoms with E-state index in [0.717, 1.165) is 64.4 Å². The summed E-state index contributed by atoms with van der Waals surface area (Å²) in [6.07, 6.45) is 4.09. The monoisotopic (exact) mass is 479 g/mol. The van der Waals surface area contributed by atoms with E-state index in [9.17, 15) is 0 Å². The first-order chi connectivity index (χ1) is 12.2.